The maximum Gasteiger partial charge on any atom is 0.355 e. The first kappa shape index (κ1) is 20.1. The van der Waals surface area contributed by atoms with Crippen molar-refractivity contribution in [2.75, 3.05) is 43.6 Å². The molecule has 1 aromatic heterocycles. The van der Waals surface area contributed by atoms with Crippen LogP contribution < -0.4 is 15.8 Å². The van der Waals surface area contributed by atoms with Gasteiger partial charge in [0.1, 0.15) is 6.33 Å². The number of hydrogen-bond acceptors (Lipinski definition) is 8. The molecule has 28 heavy (non-hydrogen) atoms. The van der Waals surface area contributed by atoms with Crippen LogP contribution in [-0.2, 0) is 0 Å². The van der Waals surface area contributed by atoms with E-state index in [1.54, 1.807) is 0 Å². The Morgan fingerprint density at radius 3 is 2.57 bits per heavy atom. The number of amides is 1. The Labute approximate surface area is 170 Å². The number of nitrogens with one attached hydrogen (secondary N) is 2. The third-order valence-electron chi connectivity index (χ3n) is 4.26. The van der Waals surface area contributed by atoms with E-state index in [1.807, 2.05) is 11.9 Å². The van der Waals surface area contributed by atoms with Crippen molar-refractivity contribution in [3.8, 4) is 0 Å². The molecule has 2 heterocycles. The van der Waals surface area contributed by atoms with Gasteiger partial charge in [0.2, 0.25) is 11.6 Å². The summed E-state index contributed by atoms with van der Waals surface area (Å²) in [5.41, 5.74) is 4.72. The van der Waals surface area contributed by atoms with Gasteiger partial charge in [0.15, 0.2) is 0 Å². The number of hydrogen-bond donors (Lipinski definition) is 2. The predicted octanol–water partition coefficient (Wildman–Crippen LogP) is 2.20. The summed E-state index contributed by atoms with van der Waals surface area (Å²) in [6.45, 7) is 2.71. The highest BCUT2D eigenvalue weighted by Crippen LogP contribution is 2.32. The molecule has 0 radical (unpaired) electrons. The second-order valence-corrected chi connectivity index (χ2v) is 6.99. The molecule has 1 aromatic carbocycles. The van der Waals surface area contributed by atoms with Gasteiger partial charge < -0.3 is 9.80 Å². The smallest absolute Gasteiger partial charge is 0.348 e. The number of carbonyl (C=O) groups excluding carboxylic acids is 1. The SMILES string of the molecule is CN1CCN(c2ncnc(NNC(=O)c3ccc(Cl)cc3Cl)c2[N+](=O)[O-])CC1. The molecule has 2 N–H and O–H groups in total. The van der Waals surface area contributed by atoms with Crippen LogP contribution in [-0.4, -0.2) is 58.9 Å². The molecule has 3 rings (SSSR count). The molecule has 2 aromatic rings. The number of hydrazine groups is 1. The molecule has 0 atom stereocenters. The number of likely N-dealkylation sites (N-methyl/N-ethyl adjacent to an activating group) is 1. The third kappa shape index (κ3) is 4.41. The average molecular weight is 426 g/mol. The van der Waals surface area contributed by atoms with Crippen molar-refractivity contribution in [1.82, 2.24) is 20.3 Å². The summed E-state index contributed by atoms with van der Waals surface area (Å²) in [5, 5.41) is 12.2. The van der Waals surface area contributed by atoms with E-state index in [1.165, 1.54) is 24.5 Å². The fourth-order valence-corrected chi connectivity index (χ4v) is 3.23. The number of halogens is 2. The van der Waals surface area contributed by atoms with Crippen LogP contribution in [0.2, 0.25) is 10.0 Å². The van der Waals surface area contributed by atoms with Gasteiger partial charge >= 0.3 is 5.69 Å². The first-order chi connectivity index (χ1) is 13.4. The van der Waals surface area contributed by atoms with Gasteiger partial charge in [-0.1, -0.05) is 23.2 Å². The van der Waals surface area contributed by atoms with E-state index in [9.17, 15) is 14.9 Å². The zero-order valence-electron chi connectivity index (χ0n) is 14.9. The largest absolute Gasteiger partial charge is 0.355 e. The van der Waals surface area contributed by atoms with Crippen LogP contribution in [0.3, 0.4) is 0 Å². The molecule has 0 bridgehead atoms. The van der Waals surface area contributed by atoms with E-state index in [2.05, 4.69) is 25.7 Å². The number of carbonyl (C=O) groups is 1. The standard InChI is InChI=1S/C16H17Cl2N7O3/c1-23-4-6-24(7-5-23)15-13(25(27)28)14(19-9-20-15)21-22-16(26)11-3-2-10(17)8-12(11)18/h2-3,8-9H,4-7H2,1H3,(H,22,26)(H,19,20,21). The van der Waals surface area contributed by atoms with Gasteiger partial charge in [-0.05, 0) is 25.2 Å². The van der Waals surface area contributed by atoms with Crippen LogP contribution in [0.25, 0.3) is 0 Å². The first-order valence-electron chi connectivity index (χ1n) is 8.31. The van der Waals surface area contributed by atoms with E-state index in [0.717, 1.165) is 13.1 Å². The molecule has 0 unspecified atom stereocenters. The predicted molar refractivity (Wildman–Crippen MR) is 106 cm³/mol. The number of anilines is 2. The first-order valence-corrected chi connectivity index (χ1v) is 9.06. The van der Waals surface area contributed by atoms with Gasteiger partial charge in [-0.3, -0.25) is 25.8 Å². The summed E-state index contributed by atoms with van der Waals surface area (Å²) in [7, 11) is 1.98. The van der Waals surface area contributed by atoms with Gasteiger partial charge in [-0.2, -0.15) is 0 Å². The Morgan fingerprint density at radius 1 is 1.21 bits per heavy atom. The van der Waals surface area contributed by atoms with E-state index in [4.69, 9.17) is 23.2 Å². The van der Waals surface area contributed by atoms with Crippen LogP contribution in [0.15, 0.2) is 24.5 Å². The molecule has 1 saturated heterocycles. The Hall–Kier alpha value is -2.69. The Balaban J connectivity index is 1.81. The van der Waals surface area contributed by atoms with Crippen molar-refractivity contribution >= 4 is 46.4 Å². The lowest BCUT2D eigenvalue weighted by Crippen LogP contribution is -2.45. The normalized spacial score (nSPS) is 14.6. The van der Waals surface area contributed by atoms with E-state index in [0.29, 0.717) is 18.1 Å². The zero-order valence-corrected chi connectivity index (χ0v) is 16.4. The summed E-state index contributed by atoms with van der Waals surface area (Å²) in [6.07, 6.45) is 1.21. The highest BCUT2D eigenvalue weighted by atomic mass is 35.5. The lowest BCUT2D eigenvalue weighted by Gasteiger charge is -2.32. The monoisotopic (exact) mass is 425 g/mol. The van der Waals surface area contributed by atoms with E-state index < -0.39 is 10.8 Å². The van der Waals surface area contributed by atoms with Crippen LogP contribution >= 0.6 is 23.2 Å². The number of rotatable bonds is 5. The van der Waals surface area contributed by atoms with E-state index >= 15 is 0 Å². The van der Waals surface area contributed by atoms with Gasteiger partial charge in [0.05, 0.1) is 15.5 Å². The summed E-state index contributed by atoms with van der Waals surface area (Å²) in [4.78, 5) is 35.3. The van der Waals surface area contributed by atoms with E-state index in [-0.39, 0.29) is 27.9 Å². The van der Waals surface area contributed by atoms with Crippen molar-refractivity contribution in [2.45, 2.75) is 0 Å². The van der Waals surface area contributed by atoms with Crippen LogP contribution in [0.4, 0.5) is 17.3 Å². The van der Waals surface area contributed by atoms with Crippen molar-refractivity contribution in [1.29, 1.82) is 0 Å². The Kier molecular flexibility index (Phi) is 6.12. The molecule has 10 nitrogen and oxygen atoms in total. The molecular formula is C16H17Cl2N7O3. The summed E-state index contributed by atoms with van der Waals surface area (Å²) in [6, 6.07) is 4.39. The van der Waals surface area contributed by atoms with Crippen molar-refractivity contribution in [3.05, 3.63) is 50.2 Å². The van der Waals surface area contributed by atoms with Gasteiger partial charge in [0, 0.05) is 31.2 Å². The molecule has 1 amide bonds. The minimum Gasteiger partial charge on any atom is -0.348 e. The molecule has 148 valence electrons. The van der Waals surface area contributed by atoms with Crippen LogP contribution in [0.5, 0.6) is 0 Å². The van der Waals surface area contributed by atoms with Gasteiger partial charge in [0.25, 0.3) is 5.91 Å². The lowest BCUT2D eigenvalue weighted by molar-refractivity contribution is -0.383. The fourth-order valence-electron chi connectivity index (χ4n) is 2.74. The molecule has 1 aliphatic rings. The van der Waals surface area contributed by atoms with Crippen molar-refractivity contribution < 1.29 is 9.72 Å². The second-order valence-electron chi connectivity index (χ2n) is 6.15. The summed E-state index contributed by atoms with van der Waals surface area (Å²) in [5.74, 6) is -0.502. The zero-order chi connectivity index (χ0) is 20.3. The molecule has 1 fully saturated rings. The van der Waals surface area contributed by atoms with Gasteiger partial charge in [-0.25, -0.2) is 9.97 Å². The minimum absolute atomic E-state index is 0.118. The molecule has 0 saturated carbocycles. The number of piperazine rings is 1. The maximum absolute atomic E-state index is 12.3. The fraction of sp³-hybridized carbons (Fsp3) is 0.312. The second kappa shape index (κ2) is 8.55. The summed E-state index contributed by atoms with van der Waals surface area (Å²) >= 11 is 11.8. The number of benzene rings is 1. The Bertz CT molecular complexity index is 904. The topological polar surface area (TPSA) is 117 Å². The van der Waals surface area contributed by atoms with Crippen molar-refractivity contribution in [2.24, 2.45) is 0 Å². The maximum atomic E-state index is 12.3. The minimum atomic E-state index is -0.587. The van der Waals surface area contributed by atoms with Crippen LogP contribution in [0, 0.1) is 10.1 Å². The van der Waals surface area contributed by atoms with Crippen LogP contribution in [0.1, 0.15) is 10.4 Å². The highest BCUT2D eigenvalue weighted by molar-refractivity contribution is 6.36. The molecule has 0 spiro atoms. The molecule has 1 aliphatic heterocycles. The average Bonchev–Trinajstić information content (AvgIpc) is 2.66. The molecule has 12 heteroatoms. The lowest BCUT2D eigenvalue weighted by atomic mass is 10.2. The highest BCUT2D eigenvalue weighted by Gasteiger charge is 2.29. The molecular weight excluding hydrogens is 409 g/mol. The van der Waals surface area contributed by atoms with Crippen molar-refractivity contribution in [3.63, 3.8) is 0 Å². The summed E-state index contributed by atoms with van der Waals surface area (Å²) < 4.78 is 0. The Morgan fingerprint density at radius 2 is 1.93 bits per heavy atom. The molecule has 0 aliphatic carbocycles. The van der Waals surface area contributed by atoms with Gasteiger partial charge in [-0.15, -0.1) is 0 Å². The third-order valence-corrected chi connectivity index (χ3v) is 4.81. The number of nitrogens with zero attached hydrogens (tertiary/aromatic N) is 5. The number of nitro groups is 1. The number of aromatic nitrogens is 2. The quantitative estimate of drug-likeness (QED) is 0.552.